The Hall–Kier alpha value is -2.54. The van der Waals surface area contributed by atoms with Crippen LogP contribution >= 0.6 is 27.5 Å². The van der Waals surface area contributed by atoms with Crippen molar-refractivity contribution in [1.29, 1.82) is 5.41 Å². The van der Waals surface area contributed by atoms with Gasteiger partial charge in [0.15, 0.2) is 0 Å². The minimum Gasteiger partial charge on any atom is -0.346 e. The number of allylic oxidation sites excluding steroid dienone is 1. The summed E-state index contributed by atoms with van der Waals surface area (Å²) < 4.78 is 94.2. The Morgan fingerprint density at radius 2 is 1.78 bits per heavy atom. The molecule has 0 atom stereocenters. The SMILES string of the molecule is CCN(C(=O)c1cc(/C(C=N)=C/Nc2c(Br)cc(C(F)(C(F)(F)F)C(F)(F)F)n2C)ccc1Cl)C1CC1. The molecule has 3 rings (SSSR count). The number of carbonyl (C=O) groups is 1. The third-order valence-electron chi connectivity index (χ3n) is 5.96. The normalized spacial score (nSPS) is 15.1. The fraction of sp³-hybridized carbons (Fsp3) is 0.391. The molecule has 0 saturated heterocycles. The molecule has 202 valence electrons. The number of carbonyl (C=O) groups excluding carboxylic acids is 1. The van der Waals surface area contributed by atoms with Crippen molar-refractivity contribution in [3.8, 4) is 0 Å². The number of hydrogen-bond donors (Lipinski definition) is 2. The Labute approximate surface area is 220 Å². The zero-order valence-corrected chi connectivity index (χ0v) is 21.7. The molecule has 0 unspecified atom stereocenters. The molecule has 1 aromatic heterocycles. The molecule has 0 bridgehead atoms. The number of aromatic nitrogens is 1. The van der Waals surface area contributed by atoms with Crippen LogP contribution in [0.25, 0.3) is 5.57 Å². The zero-order valence-electron chi connectivity index (χ0n) is 19.4. The summed E-state index contributed by atoms with van der Waals surface area (Å²) in [5.41, 5.74) is -6.68. The number of benzene rings is 1. The minimum absolute atomic E-state index is 0.119. The molecule has 37 heavy (non-hydrogen) atoms. The largest absolute Gasteiger partial charge is 0.437 e. The lowest BCUT2D eigenvalue weighted by atomic mass is 10.0. The van der Waals surface area contributed by atoms with Crippen molar-refractivity contribution in [2.24, 2.45) is 7.05 Å². The van der Waals surface area contributed by atoms with Gasteiger partial charge in [0.05, 0.1) is 20.8 Å². The molecule has 1 saturated carbocycles. The molecule has 1 aromatic carbocycles. The molecule has 2 N–H and O–H groups in total. The van der Waals surface area contributed by atoms with Crippen LogP contribution < -0.4 is 5.32 Å². The smallest absolute Gasteiger partial charge is 0.346 e. The van der Waals surface area contributed by atoms with Gasteiger partial charge in [-0.2, -0.15) is 26.3 Å². The van der Waals surface area contributed by atoms with Gasteiger partial charge < -0.3 is 20.2 Å². The average Bonchev–Trinajstić information content (AvgIpc) is 3.59. The number of nitrogens with one attached hydrogen (secondary N) is 2. The summed E-state index contributed by atoms with van der Waals surface area (Å²) in [5, 5.41) is 10.4. The van der Waals surface area contributed by atoms with Gasteiger partial charge in [-0.25, -0.2) is 4.39 Å². The highest BCUT2D eigenvalue weighted by Crippen LogP contribution is 2.54. The van der Waals surface area contributed by atoms with E-state index in [1.54, 1.807) is 4.90 Å². The molecule has 0 spiro atoms. The van der Waals surface area contributed by atoms with E-state index in [1.165, 1.54) is 18.2 Å². The fourth-order valence-corrected chi connectivity index (χ4v) is 4.64. The highest BCUT2D eigenvalue weighted by atomic mass is 79.9. The second-order valence-electron chi connectivity index (χ2n) is 8.34. The number of halogens is 9. The molecule has 1 aliphatic carbocycles. The monoisotopic (exact) mass is 616 g/mol. The Balaban J connectivity index is 1.99. The van der Waals surface area contributed by atoms with Crippen LogP contribution in [-0.4, -0.2) is 46.5 Å². The highest BCUT2D eigenvalue weighted by Gasteiger charge is 2.74. The van der Waals surface area contributed by atoms with Crippen molar-refractivity contribution in [1.82, 2.24) is 9.47 Å². The molecule has 1 amide bonds. The molecule has 0 aliphatic heterocycles. The zero-order chi connectivity index (χ0) is 27.9. The van der Waals surface area contributed by atoms with Gasteiger partial charge in [0.1, 0.15) is 5.82 Å². The molecule has 14 heteroatoms. The van der Waals surface area contributed by atoms with Crippen molar-refractivity contribution < 1.29 is 35.5 Å². The predicted molar refractivity (Wildman–Crippen MR) is 130 cm³/mol. The standard InChI is InChI=1S/C23H21BrClF7N4O/c1-3-36(14-5-6-14)20(37)15-8-12(4-7-17(15)25)13(10-33)11-34-19-16(24)9-18(35(19)2)21(26,22(27,28)29)23(30,31)32/h4,7-11,14,33-34H,3,5-6H2,1-2H3/b13-11+,33-10?. The maximum atomic E-state index is 14.6. The first-order valence-electron chi connectivity index (χ1n) is 10.8. The van der Waals surface area contributed by atoms with Crippen LogP contribution in [-0.2, 0) is 12.7 Å². The summed E-state index contributed by atoms with van der Waals surface area (Å²) in [5.74, 6) is -0.636. The van der Waals surface area contributed by atoms with Gasteiger partial charge in [-0.05, 0) is 59.5 Å². The van der Waals surface area contributed by atoms with Crippen LogP contribution in [0.15, 0.2) is 34.9 Å². The number of anilines is 1. The quantitative estimate of drug-likeness (QED) is 0.239. The van der Waals surface area contributed by atoms with E-state index < -0.39 is 23.7 Å². The van der Waals surface area contributed by atoms with Crippen LogP contribution in [0.1, 0.15) is 41.4 Å². The summed E-state index contributed by atoms with van der Waals surface area (Å²) in [4.78, 5) is 14.7. The van der Waals surface area contributed by atoms with Crippen molar-refractivity contribution in [3.63, 3.8) is 0 Å². The van der Waals surface area contributed by atoms with Crippen LogP contribution in [0.5, 0.6) is 0 Å². The predicted octanol–water partition coefficient (Wildman–Crippen LogP) is 7.46. The van der Waals surface area contributed by atoms with Gasteiger partial charge >= 0.3 is 18.0 Å². The van der Waals surface area contributed by atoms with Gasteiger partial charge in [-0.15, -0.1) is 0 Å². The third-order valence-corrected chi connectivity index (χ3v) is 6.89. The van der Waals surface area contributed by atoms with Gasteiger partial charge in [-0.3, -0.25) is 4.79 Å². The fourth-order valence-electron chi connectivity index (χ4n) is 3.85. The van der Waals surface area contributed by atoms with Crippen molar-refractivity contribution in [2.75, 3.05) is 11.9 Å². The molecule has 1 aliphatic rings. The first kappa shape index (κ1) is 29.0. The third kappa shape index (κ3) is 5.38. The summed E-state index contributed by atoms with van der Waals surface area (Å²) >= 11 is 9.10. The highest BCUT2D eigenvalue weighted by molar-refractivity contribution is 9.10. The summed E-state index contributed by atoms with van der Waals surface area (Å²) in [6, 6.07) is 4.90. The number of hydrogen-bond acceptors (Lipinski definition) is 3. The Kier molecular flexibility index (Phi) is 8.09. The van der Waals surface area contributed by atoms with Crippen LogP contribution in [0, 0.1) is 5.41 Å². The van der Waals surface area contributed by atoms with E-state index in [0.29, 0.717) is 22.7 Å². The second-order valence-corrected chi connectivity index (χ2v) is 9.61. The van der Waals surface area contributed by atoms with E-state index in [2.05, 4.69) is 21.2 Å². The molecule has 0 radical (unpaired) electrons. The number of rotatable bonds is 8. The molecule has 5 nitrogen and oxygen atoms in total. The summed E-state index contributed by atoms with van der Waals surface area (Å²) in [6.45, 7) is 2.30. The lowest BCUT2D eigenvalue weighted by Crippen LogP contribution is -2.51. The van der Waals surface area contributed by atoms with Crippen molar-refractivity contribution in [3.05, 3.63) is 56.8 Å². The van der Waals surface area contributed by atoms with E-state index in [4.69, 9.17) is 17.0 Å². The first-order valence-corrected chi connectivity index (χ1v) is 12.0. The Morgan fingerprint density at radius 1 is 1.19 bits per heavy atom. The molecule has 1 fully saturated rings. The van der Waals surface area contributed by atoms with E-state index in [1.807, 2.05) is 6.92 Å². The summed E-state index contributed by atoms with van der Waals surface area (Å²) in [6.07, 6.45) is -8.79. The van der Waals surface area contributed by atoms with Crippen LogP contribution in [0.2, 0.25) is 5.02 Å². The Bertz CT molecular complexity index is 1220. The van der Waals surface area contributed by atoms with E-state index >= 15 is 0 Å². The van der Waals surface area contributed by atoms with E-state index in [0.717, 1.165) is 32.3 Å². The minimum atomic E-state index is -6.27. The van der Waals surface area contributed by atoms with Gasteiger partial charge in [0.2, 0.25) is 0 Å². The lowest BCUT2D eigenvalue weighted by molar-refractivity contribution is -0.350. The van der Waals surface area contributed by atoms with Crippen molar-refractivity contribution >= 4 is 51.0 Å². The number of alkyl halides is 7. The maximum Gasteiger partial charge on any atom is 0.437 e. The first-order chi connectivity index (χ1) is 17.1. The average molecular weight is 618 g/mol. The van der Waals surface area contributed by atoms with Gasteiger partial charge in [-0.1, -0.05) is 17.7 Å². The molecule has 2 aromatic rings. The maximum absolute atomic E-state index is 14.6. The summed E-state index contributed by atoms with van der Waals surface area (Å²) in [7, 11) is 0.836. The molecular weight excluding hydrogens is 597 g/mol. The van der Waals surface area contributed by atoms with Crippen LogP contribution in [0.4, 0.5) is 36.6 Å². The molecule has 1 heterocycles. The van der Waals surface area contributed by atoms with Gasteiger partial charge in [0.25, 0.3) is 5.91 Å². The van der Waals surface area contributed by atoms with Gasteiger partial charge in [0, 0.05) is 37.6 Å². The molecular formula is C23H21BrClF7N4O. The topological polar surface area (TPSA) is 61.1 Å². The van der Waals surface area contributed by atoms with Crippen LogP contribution in [0.3, 0.4) is 0 Å². The van der Waals surface area contributed by atoms with Crippen molar-refractivity contribution in [2.45, 2.75) is 43.8 Å². The van der Waals surface area contributed by atoms with E-state index in [9.17, 15) is 35.5 Å². The Morgan fingerprint density at radius 3 is 2.27 bits per heavy atom. The van der Waals surface area contributed by atoms with E-state index in [-0.39, 0.29) is 38.4 Å². The number of amides is 1. The lowest BCUT2D eigenvalue weighted by Gasteiger charge is -2.30. The number of nitrogens with zero attached hydrogens (tertiary/aromatic N) is 2. The second kappa shape index (κ2) is 10.3.